The molecule has 1 heterocycles. The fraction of sp³-hybridized carbons (Fsp3) is 0.467. The SMILES string of the molecule is Cc1ccc(C(=O)N2CCC(C)CC2C(=O)O)cc1Cl. The molecule has 0 bridgehead atoms. The molecule has 20 heavy (non-hydrogen) atoms. The smallest absolute Gasteiger partial charge is 0.326 e. The van der Waals surface area contributed by atoms with Crippen molar-refractivity contribution in [2.24, 2.45) is 5.92 Å². The first-order valence-electron chi connectivity index (χ1n) is 6.70. The zero-order valence-electron chi connectivity index (χ0n) is 11.6. The summed E-state index contributed by atoms with van der Waals surface area (Å²) < 4.78 is 0. The molecule has 2 rings (SSSR count). The number of aliphatic carboxylic acids is 1. The lowest BCUT2D eigenvalue weighted by Crippen LogP contribution is -2.49. The summed E-state index contributed by atoms with van der Waals surface area (Å²) in [7, 11) is 0. The van der Waals surface area contributed by atoms with E-state index in [0.717, 1.165) is 12.0 Å². The lowest BCUT2D eigenvalue weighted by molar-refractivity contribution is -0.144. The molecular weight excluding hydrogens is 278 g/mol. The van der Waals surface area contributed by atoms with Gasteiger partial charge in [-0.3, -0.25) is 4.79 Å². The number of hydrogen-bond acceptors (Lipinski definition) is 2. The highest BCUT2D eigenvalue weighted by atomic mass is 35.5. The van der Waals surface area contributed by atoms with Crippen molar-refractivity contribution >= 4 is 23.5 Å². The van der Waals surface area contributed by atoms with E-state index in [1.807, 2.05) is 13.8 Å². The Kier molecular flexibility index (Phi) is 4.33. The highest BCUT2D eigenvalue weighted by Gasteiger charge is 2.35. The Morgan fingerprint density at radius 3 is 2.70 bits per heavy atom. The Morgan fingerprint density at radius 1 is 1.40 bits per heavy atom. The largest absolute Gasteiger partial charge is 0.480 e. The van der Waals surface area contributed by atoms with Crippen LogP contribution in [-0.4, -0.2) is 34.5 Å². The van der Waals surface area contributed by atoms with Crippen molar-refractivity contribution in [3.8, 4) is 0 Å². The van der Waals surface area contributed by atoms with Crippen LogP contribution in [0, 0.1) is 12.8 Å². The Morgan fingerprint density at radius 2 is 2.10 bits per heavy atom. The second kappa shape index (κ2) is 5.83. The quantitative estimate of drug-likeness (QED) is 0.912. The van der Waals surface area contributed by atoms with Gasteiger partial charge >= 0.3 is 5.97 Å². The lowest BCUT2D eigenvalue weighted by Gasteiger charge is -2.36. The fourth-order valence-electron chi connectivity index (χ4n) is 2.51. The van der Waals surface area contributed by atoms with E-state index in [1.165, 1.54) is 4.90 Å². The second-order valence-corrected chi connectivity index (χ2v) is 5.85. The number of amides is 1. The Balaban J connectivity index is 2.26. The Labute approximate surface area is 123 Å². The monoisotopic (exact) mass is 295 g/mol. The molecule has 1 aliphatic heterocycles. The number of benzene rings is 1. The van der Waals surface area contributed by atoms with Gasteiger partial charge in [0.05, 0.1) is 0 Å². The van der Waals surface area contributed by atoms with Crippen LogP contribution < -0.4 is 0 Å². The molecule has 108 valence electrons. The highest BCUT2D eigenvalue weighted by molar-refractivity contribution is 6.31. The van der Waals surface area contributed by atoms with Crippen LogP contribution in [0.4, 0.5) is 0 Å². The predicted octanol–water partition coefficient (Wildman–Crippen LogP) is 2.97. The molecule has 4 nitrogen and oxygen atoms in total. The summed E-state index contributed by atoms with van der Waals surface area (Å²) in [5.74, 6) is -0.879. The number of carbonyl (C=O) groups excluding carboxylic acids is 1. The normalized spacial score (nSPS) is 22.6. The molecule has 0 saturated carbocycles. The van der Waals surface area contributed by atoms with Crippen LogP contribution in [0.15, 0.2) is 18.2 Å². The van der Waals surface area contributed by atoms with Crippen molar-refractivity contribution in [1.29, 1.82) is 0 Å². The maximum atomic E-state index is 12.5. The molecule has 1 saturated heterocycles. The number of carboxylic acids is 1. The molecule has 0 radical (unpaired) electrons. The first-order chi connectivity index (χ1) is 9.40. The number of aryl methyl sites for hydroxylation is 1. The number of likely N-dealkylation sites (tertiary alicyclic amines) is 1. The van der Waals surface area contributed by atoms with Crippen molar-refractivity contribution in [3.05, 3.63) is 34.3 Å². The third kappa shape index (κ3) is 2.96. The number of piperidine rings is 1. The number of nitrogens with zero attached hydrogens (tertiary/aromatic N) is 1. The number of hydrogen-bond donors (Lipinski definition) is 1. The van der Waals surface area contributed by atoms with Crippen molar-refractivity contribution in [2.75, 3.05) is 6.54 Å². The van der Waals surface area contributed by atoms with Gasteiger partial charge in [-0.1, -0.05) is 24.6 Å². The zero-order chi connectivity index (χ0) is 14.9. The lowest BCUT2D eigenvalue weighted by atomic mass is 9.92. The van der Waals surface area contributed by atoms with Gasteiger partial charge in [-0.05, 0) is 43.4 Å². The van der Waals surface area contributed by atoms with Crippen LogP contribution in [0.25, 0.3) is 0 Å². The fourth-order valence-corrected chi connectivity index (χ4v) is 2.69. The van der Waals surface area contributed by atoms with Gasteiger partial charge in [0, 0.05) is 17.1 Å². The first-order valence-corrected chi connectivity index (χ1v) is 7.08. The van der Waals surface area contributed by atoms with Gasteiger partial charge in [-0.25, -0.2) is 4.79 Å². The molecule has 1 N–H and O–H groups in total. The van der Waals surface area contributed by atoms with E-state index < -0.39 is 12.0 Å². The van der Waals surface area contributed by atoms with Crippen LogP contribution in [0.5, 0.6) is 0 Å². The number of carbonyl (C=O) groups is 2. The number of rotatable bonds is 2. The summed E-state index contributed by atoms with van der Waals surface area (Å²) in [5.41, 5.74) is 1.34. The molecule has 1 aliphatic rings. The molecule has 2 unspecified atom stereocenters. The predicted molar refractivity (Wildman–Crippen MR) is 77.0 cm³/mol. The van der Waals surface area contributed by atoms with Crippen molar-refractivity contribution in [1.82, 2.24) is 4.90 Å². The second-order valence-electron chi connectivity index (χ2n) is 5.45. The molecule has 1 aromatic rings. The topological polar surface area (TPSA) is 57.6 Å². The van der Waals surface area contributed by atoms with Gasteiger partial charge in [0.2, 0.25) is 0 Å². The van der Waals surface area contributed by atoms with E-state index in [9.17, 15) is 14.7 Å². The van der Waals surface area contributed by atoms with Gasteiger partial charge in [-0.2, -0.15) is 0 Å². The average molecular weight is 296 g/mol. The van der Waals surface area contributed by atoms with Crippen LogP contribution in [0.2, 0.25) is 5.02 Å². The molecule has 0 aromatic heterocycles. The molecule has 1 fully saturated rings. The molecule has 5 heteroatoms. The van der Waals surface area contributed by atoms with E-state index in [-0.39, 0.29) is 5.91 Å². The van der Waals surface area contributed by atoms with Crippen LogP contribution in [0.3, 0.4) is 0 Å². The van der Waals surface area contributed by atoms with E-state index in [1.54, 1.807) is 18.2 Å². The van der Waals surface area contributed by atoms with Crippen molar-refractivity contribution in [2.45, 2.75) is 32.7 Å². The molecule has 2 atom stereocenters. The van der Waals surface area contributed by atoms with Crippen molar-refractivity contribution < 1.29 is 14.7 Å². The average Bonchev–Trinajstić information content (AvgIpc) is 2.41. The summed E-state index contributed by atoms with van der Waals surface area (Å²) >= 11 is 6.03. The van der Waals surface area contributed by atoms with E-state index in [4.69, 9.17) is 11.6 Å². The summed E-state index contributed by atoms with van der Waals surface area (Å²) in [4.78, 5) is 25.3. The Bertz CT molecular complexity index is 544. The van der Waals surface area contributed by atoms with Crippen LogP contribution in [0.1, 0.15) is 35.7 Å². The molecule has 1 amide bonds. The third-order valence-electron chi connectivity index (χ3n) is 3.83. The van der Waals surface area contributed by atoms with Gasteiger partial charge in [0.1, 0.15) is 6.04 Å². The minimum atomic E-state index is -0.942. The Hall–Kier alpha value is -1.55. The number of carboxylic acid groups (broad SMARTS) is 1. The van der Waals surface area contributed by atoms with Crippen LogP contribution >= 0.6 is 11.6 Å². The molecule has 0 spiro atoms. The van der Waals surface area contributed by atoms with E-state index in [2.05, 4.69) is 0 Å². The summed E-state index contributed by atoms with van der Waals surface area (Å²) in [6.07, 6.45) is 1.33. The van der Waals surface area contributed by atoms with Crippen LogP contribution in [-0.2, 0) is 4.79 Å². The minimum Gasteiger partial charge on any atom is -0.480 e. The van der Waals surface area contributed by atoms with Gasteiger partial charge in [0.15, 0.2) is 0 Å². The standard InChI is InChI=1S/C15H18ClNO3/c1-9-5-6-17(13(7-9)15(19)20)14(18)11-4-3-10(2)12(16)8-11/h3-4,8-9,13H,5-7H2,1-2H3,(H,19,20). The van der Waals surface area contributed by atoms with Gasteiger partial charge in [0.25, 0.3) is 5.91 Å². The van der Waals surface area contributed by atoms with E-state index >= 15 is 0 Å². The zero-order valence-corrected chi connectivity index (χ0v) is 12.4. The maximum absolute atomic E-state index is 12.5. The van der Waals surface area contributed by atoms with Gasteiger partial charge in [-0.15, -0.1) is 0 Å². The number of halogens is 1. The third-order valence-corrected chi connectivity index (χ3v) is 4.24. The van der Waals surface area contributed by atoms with Gasteiger partial charge < -0.3 is 10.0 Å². The first kappa shape index (κ1) is 14.9. The van der Waals surface area contributed by atoms with E-state index in [0.29, 0.717) is 29.5 Å². The molecule has 1 aromatic carbocycles. The molecular formula is C15H18ClNO3. The summed E-state index contributed by atoms with van der Waals surface area (Å²) in [5, 5.41) is 9.82. The summed E-state index contributed by atoms with van der Waals surface area (Å²) in [6, 6.07) is 4.33. The highest BCUT2D eigenvalue weighted by Crippen LogP contribution is 2.25. The minimum absolute atomic E-state index is 0.258. The summed E-state index contributed by atoms with van der Waals surface area (Å²) in [6.45, 7) is 4.35. The van der Waals surface area contributed by atoms with Crippen molar-refractivity contribution in [3.63, 3.8) is 0 Å². The molecule has 0 aliphatic carbocycles. The maximum Gasteiger partial charge on any atom is 0.326 e.